The minimum atomic E-state index is 0.548. The van der Waals surface area contributed by atoms with Crippen LogP contribution < -0.4 is 5.32 Å². The highest BCUT2D eigenvalue weighted by atomic mass is 16.2. The monoisotopic (exact) mass is 413 g/mol. The lowest BCUT2D eigenvalue weighted by Gasteiger charge is -2.34. The summed E-state index contributed by atoms with van der Waals surface area (Å²) in [5.41, 5.74) is 3.08. The molecule has 0 radical (unpaired) electrons. The summed E-state index contributed by atoms with van der Waals surface area (Å²) in [5.74, 6) is 0.703. The van der Waals surface area contributed by atoms with Crippen molar-refractivity contribution in [2.24, 2.45) is 11.3 Å². The van der Waals surface area contributed by atoms with Crippen LogP contribution in [0, 0.1) is 11.3 Å². The van der Waals surface area contributed by atoms with Gasteiger partial charge in [-0.15, -0.1) is 0 Å². The molecule has 0 bridgehead atoms. The predicted octanol–water partition coefficient (Wildman–Crippen LogP) is 7.37. The van der Waals surface area contributed by atoms with Gasteiger partial charge in [-0.1, -0.05) is 97.8 Å². The van der Waals surface area contributed by atoms with Gasteiger partial charge in [0, 0.05) is 7.11 Å². The molecule has 0 spiro atoms. The van der Waals surface area contributed by atoms with E-state index in [4.69, 9.17) is 9.90 Å². The average molecular weight is 414 g/mol. The van der Waals surface area contributed by atoms with Crippen LogP contribution in [0.4, 0.5) is 0 Å². The first kappa shape index (κ1) is 38.4. The fraction of sp³-hybridized carbons (Fsp3) is 0.731. The molecule has 1 aliphatic rings. The molecule has 0 unspecified atom stereocenters. The third-order valence-electron chi connectivity index (χ3n) is 3.97. The maximum Gasteiger partial charge on any atom is 0.106 e. The number of aliphatic hydroxyl groups excluding tert-OH is 1. The van der Waals surface area contributed by atoms with Crippen LogP contribution >= 0.6 is 0 Å². The van der Waals surface area contributed by atoms with Crippen LogP contribution in [0.2, 0.25) is 0 Å². The van der Waals surface area contributed by atoms with Crippen LogP contribution in [0.5, 0.6) is 0 Å². The Morgan fingerprint density at radius 2 is 1.34 bits per heavy atom. The molecule has 0 aromatic rings. The highest BCUT2D eigenvalue weighted by Crippen LogP contribution is 2.40. The number of carbonyl (C=O) groups is 1. The smallest absolute Gasteiger partial charge is 0.106 e. The fourth-order valence-corrected chi connectivity index (χ4v) is 2.54. The molecule has 0 aromatic heterocycles. The van der Waals surface area contributed by atoms with E-state index in [0.717, 1.165) is 13.5 Å². The van der Waals surface area contributed by atoms with Crippen LogP contribution in [0.1, 0.15) is 93.4 Å². The van der Waals surface area contributed by atoms with E-state index in [1.165, 1.54) is 49.7 Å². The number of aliphatic hydroxyl groups is 1. The SMILES string of the molecule is C=C(/C=C/C(=C)C1CCC(C)(C)CC1)CCC.C=O.CC.CCC.CNC.CO. The quantitative estimate of drug-likeness (QED) is 0.462. The van der Waals surface area contributed by atoms with Gasteiger partial charge in [0.15, 0.2) is 0 Å². The number of allylic oxidation sites excluding steroid dienone is 4. The van der Waals surface area contributed by atoms with Crippen LogP contribution in [0.15, 0.2) is 36.5 Å². The van der Waals surface area contributed by atoms with E-state index >= 15 is 0 Å². The molecule has 1 rings (SSSR count). The summed E-state index contributed by atoms with van der Waals surface area (Å²) < 4.78 is 0. The zero-order chi connectivity index (χ0) is 24.3. The molecule has 0 atom stereocenters. The molecule has 3 nitrogen and oxygen atoms in total. The van der Waals surface area contributed by atoms with Crippen molar-refractivity contribution in [1.29, 1.82) is 0 Å². The minimum Gasteiger partial charge on any atom is -0.400 e. The normalized spacial score (nSPS) is 13.9. The Morgan fingerprint density at radius 3 is 1.66 bits per heavy atom. The Bertz CT molecular complexity index is 348. The van der Waals surface area contributed by atoms with Gasteiger partial charge in [0.1, 0.15) is 6.79 Å². The Balaban J connectivity index is -0.000000135. The van der Waals surface area contributed by atoms with Crippen molar-refractivity contribution >= 4 is 6.79 Å². The number of nitrogens with one attached hydrogen (secondary N) is 1. The topological polar surface area (TPSA) is 49.3 Å². The molecule has 1 aliphatic carbocycles. The van der Waals surface area contributed by atoms with E-state index in [1.54, 1.807) is 0 Å². The van der Waals surface area contributed by atoms with Crippen molar-refractivity contribution in [3.63, 3.8) is 0 Å². The molecule has 0 amide bonds. The van der Waals surface area contributed by atoms with Gasteiger partial charge in [-0.3, -0.25) is 0 Å². The Morgan fingerprint density at radius 1 is 1.00 bits per heavy atom. The number of hydrogen-bond acceptors (Lipinski definition) is 3. The van der Waals surface area contributed by atoms with Gasteiger partial charge < -0.3 is 15.2 Å². The van der Waals surface area contributed by atoms with Gasteiger partial charge in [-0.25, -0.2) is 0 Å². The lowest BCUT2D eigenvalue weighted by Crippen LogP contribution is -2.21. The summed E-state index contributed by atoms with van der Waals surface area (Å²) in [6.45, 7) is 25.5. The van der Waals surface area contributed by atoms with Crippen LogP contribution in [0.25, 0.3) is 0 Å². The Hall–Kier alpha value is -1.19. The Labute approximate surface area is 184 Å². The molecule has 1 saturated carbocycles. The molecular weight excluding hydrogens is 358 g/mol. The van der Waals surface area contributed by atoms with Gasteiger partial charge in [-0.2, -0.15) is 0 Å². The second-order valence-corrected chi connectivity index (χ2v) is 7.46. The fourth-order valence-electron chi connectivity index (χ4n) is 2.54. The maximum atomic E-state index is 8.00. The molecule has 0 aromatic carbocycles. The van der Waals surface area contributed by atoms with Crippen LogP contribution in [-0.2, 0) is 4.79 Å². The van der Waals surface area contributed by atoms with Gasteiger partial charge >= 0.3 is 0 Å². The summed E-state index contributed by atoms with van der Waals surface area (Å²) in [6.07, 6.45) is 13.1. The van der Waals surface area contributed by atoms with Gasteiger partial charge in [-0.05, 0) is 57.5 Å². The first-order chi connectivity index (χ1) is 13.8. The van der Waals surface area contributed by atoms with E-state index in [0.29, 0.717) is 11.3 Å². The summed E-state index contributed by atoms with van der Waals surface area (Å²) >= 11 is 0. The van der Waals surface area contributed by atoms with E-state index in [9.17, 15) is 0 Å². The predicted molar refractivity (Wildman–Crippen MR) is 136 cm³/mol. The van der Waals surface area contributed by atoms with Crippen LogP contribution in [-0.4, -0.2) is 33.1 Å². The van der Waals surface area contributed by atoms with Gasteiger partial charge in [0.25, 0.3) is 0 Å². The molecule has 2 N–H and O–H groups in total. The molecule has 0 heterocycles. The third-order valence-corrected chi connectivity index (χ3v) is 3.97. The second kappa shape index (κ2) is 31.5. The lowest BCUT2D eigenvalue weighted by atomic mass is 9.71. The number of rotatable bonds is 5. The number of carbonyl (C=O) groups excluding carboxylic acids is 1. The zero-order valence-corrected chi connectivity index (χ0v) is 21.7. The first-order valence-corrected chi connectivity index (χ1v) is 11.1. The summed E-state index contributed by atoms with van der Waals surface area (Å²) in [4.78, 5) is 8.00. The standard InChI is InChI=1S/C17H28.C3H8.C2H7N.C2H6.CH4O.CH2O/c1-6-7-14(2)8-9-15(3)16-10-12-17(4,5)13-11-16;2*1-3-2;3*1-2/h8-9,16H,2-3,6-7,10-13H2,1,4-5H3;3H2,1-2H3;3H,1-2H3;1-2H3;2H,1H3;1H2/b9-8+;;;;;. The minimum absolute atomic E-state index is 0.548. The van der Waals surface area contributed by atoms with Crippen molar-refractivity contribution < 1.29 is 9.90 Å². The van der Waals surface area contributed by atoms with Gasteiger partial charge in [0.2, 0.25) is 0 Å². The largest absolute Gasteiger partial charge is 0.400 e. The number of hydrogen-bond donors (Lipinski definition) is 2. The van der Waals surface area contributed by atoms with Gasteiger partial charge in [0.05, 0.1) is 0 Å². The zero-order valence-electron chi connectivity index (χ0n) is 21.7. The highest BCUT2D eigenvalue weighted by Gasteiger charge is 2.27. The summed E-state index contributed by atoms with van der Waals surface area (Å²) in [5, 5.41) is 9.75. The highest BCUT2D eigenvalue weighted by molar-refractivity contribution is 5.26. The van der Waals surface area contributed by atoms with Crippen molar-refractivity contribution in [2.45, 2.75) is 93.4 Å². The first-order valence-electron chi connectivity index (χ1n) is 11.1. The molecule has 1 fully saturated rings. The van der Waals surface area contributed by atoms with E-state index in [2.05, 4.69) is 65.2 Å². The maximum absolute atomic E-state index is 8.00. The molecule has 176 valence electrons. The lowest BCUT2D eigenvalue weighted by molar-refractivity contribution is -0.0979. The summed E-state index contributed by atoms with van der Waals surface area (Å²) in [7, 11) is 4.75. The average Bonchev–Trinajstić information content (AvgIpc) is 2.72. The van der Waals surface area contributed by atoms with Crippen molar-refractivity contribution in [1.82, 2.24) is 5.32 Å². The summed E-state index contributed by atoms with van der Waals surface area (Å²) in [6, 6.07) is 0. The molecule has 3 heteroatoms. The molecule has 29 heavy (non-hydrogen) atoms. The molecular formula is C26H55NO2. The van der Waals surface area contributed by atoms with E-state index < -0.39 is 0 Å². The Kier molecular flexibility index (Phi) is 41.7. The molecule has 0 saturated heterocycles. The van der Waals surface area contributed by atoms with Crippen LogP contribution in [0.3, 0.4) is 0 Å². The van der Waals surface area contributed by atoms with E-state index in [-0.39, 0.29) is 0 Å². The van der Waals surface area contributed by atoms with Crippen molar-refractivity contribution in [3.05, 3.63) is 36.5 Å². The molecule has 0 aliphatic heterocycles. The van der Waals surface area contributed by atoms with Crippen molar-refractivity contribution in [3.8, 4) is 0 Å². The second-order valence-electron chi connectivity index (χ2n) is 7.46. The van der Waals surface area contributed by atoms with Crippen molar-refractivity contribution in [2.75, 3.05) is 21.2 Å². The van der Waals surface area contributed by atoms with E-state index in [1.807, 2.05) is 34.7 Å². The third kappa shape index (κ3) is 31.7.